The Labute approximate surface area is 130 Å². The lowest BCUT2D eigenvalue weighted by Crippen LogP contribution is -2.02. The molecule has 0 amide bonds. The van der Waals surface area contributed by atoms with Gasteiger partial charge >= 0.3 is 0 Å². The highest BCUT2D eigenvalue weighted by Crippen LogP contribution is 2.28. The average molecular weight is 360 g/mol. The van der Waals surface area contributed by atoms with Gasteiger partial charge in [-0.2, -0.15) is 0 Å². The van der Waals surface area contributed by atoms with Gasteiger partial charge in [0.05, 0.1) is 18.2 Å². The van der Waals surface area contributed by atoms with Crippen LogP contribution in [0.5, 0.6) is 5.75 Å². The van der Waals surface area contributed by atoms with E-state index in [1.165, 1.54) is 13.2 Å². The number of aliphatic hydroxyl groups excluding tert-OH is 1. The highest BCUT2D eigenvalue weighted by Gasteiger charge is 2.12. The number of halogens is 3. The Bertz CT molecular complexity index is 619. The van der Waals surface area contributed by atoms with Crippen LogP contribution in [0.4, 0.5) is 4.39 Å². The fourth-order valence-corrected chi connectivity index (χ4v) is 2.33. The number of hydrogen-bond acceptors (Lipinski definition) is 2. The number of ether oxygens (including phenoxy) is 1. The molecule has 2 nitrogen and oxygen atoms in total. The molecule has 0 saturated heterocycles. The zero-order chi connectivity index (χ0) is 14.7. The molecule has 2 rings (SSSR count). The van der Waals surface area contributed by atoms with Crippen LogP contribution >= 0.6 is 27.5 Å². The fourth-order valence-electron chi connectivity index (χ4n) is 1.90. The summed E-state index contributed by atoms with van der Waals surface area (Å²) in [6.07, 6.45) is -0.438. The van der Waals surface area contributed by atoms with Crippen molar-refractivity contribution >= 4 is 27.5 Å². The Morgan fingerprint density at radius 2 is 2.05 bits per heavy atom. The van der Waals surface area contributed by atoms with Crippen LogP contribution in [0.2, 0.25) is 5.02 Å². The Balaban J connectivity index is 2.16. The molecule has 0 radical (unpaired) electrons. The quantitative estimate of drug-likeness (QED) is 0.869. The van der Waals surface area contributed by atoms with Crippen molar-refractivity contribution in [2.75, 3.05) is 7.11 Å². The Hall–Kier alpha value is -1.10. The number of benzene rings is 2. The summed E-state index contributed by atoms with van der Waals surface area (Å²) < 4.78 is 19.2. The van der Waals surface area contributed by atoms with Gasteiger partial charge in [0.25, 0.3) is 0 Å². The van der Waals surface area contributed by atoms with Crippen molar-refractivity contribution in [3.63, 3.8) is 0 Å². The second-order valence-corrected chi connectivity index (χ2v) is 5.62. The molecule has 0 spiro atoms. The van der Waals surface area contributed by atoms with Crippen molar-refractivity contribution < 1.29 is 14.2 Å². The van der Waals surface area contributed by atoms with Crippen LogP contribution in [0.1, 0.15) is 17.2 Å². The van der Waals surface area contributed by atoms with E-state index in [0.717, 1.165) is 4.47 Å². The number of rotatable bonds is 4. The summed E-state index contributed by atoms with van der Waals surface area (Å²) >= 11 is 9.28. The summed E-state index contributed by atoms with van der Waals surface area (Å²) in [4.78, 5) is 0. The second-order valence-electron chi connectivity index (χ2n) is 4.36. The van der Waals surface area contributed by atoms with Gasteiger partial charge in [-0.05, 0) is 51.3 Å². The molecule has 1 atom stereocenters. The average Bonchev–Trinajstić information content (AvgIpc) is 2.42. The molecule has 2 aromatic rings. The van der Waals surface area contributed by atoms with Gasteiger partial charge in [0, 0.05) is 10.9 Å². The van der Waals surface area contributed by atoms with E-state index in [9.17, 15) is 9.50 Å². The normalized spacial score (nSPS) is 12.2. The van der Waals surface area contributed by atoms with Crippen LogP contribution < -0.4 is 4.74 Å². The van der Waals surface area contributed by atoms with Gasteiger partial charge in [-0.15, -0.1) is 0 Å². The second kappa shape index (κ2) is 6.57. The topological polar surface area (TPSA) is 29.5 Å². The van der Waals surface area contributed by atoms with E-state index in [0.29, 0.717) is 22.6 Å². The lowest BCUT2D eigenvalue weighted by molar-refractivity contribution is 0.178. The minimum atomic E-state index is -0.742. The van der Waals surface area contributed by atoms with Crippen molar-refractivity contribution in [2.24, 2.45) is 0 Å². The first kappa shape index (κ1) is 15.3. The summed E-state index contributed by atoms with van der Waals surface area (Å²) in [5.74, 6) is -0.249. The monoisotopic (exact) mass is 358 g/mol. The molecule has 1 unspecified atom stereocenters. The Kier molecular flexibility index (Phi) is 5.02. The fraction of sp³-hybridized carbons (Fsp3) is 0.200. The van der Waals surface area contributed by atoms with Gasteiger partial charge in [0.15, 0.2) is 11.6 Å². The molecule has 20 heavy (non-hydrogen) atoms. The van der Waals surface area contributed by atoms with Crippen molar-refractivity contribution in [3.05, 3.63) is 62.8 Å². The minimum absolute atomic E-state index is 0.190. The van der Waals surface area contributed by atoms with Gasteiger partial charge in [-0.1, -0.05) is 23.7 Å². The van der Waals surface area contributed by atoms with Crippen LogP contribution in [-0.4, -0.2) is 12.2 Å². The van der Waals surface area contributed by atoms with Crippen LogP contribution in [0.25, 0.3) is 0 Å². The molecule has 106 valence electrons. The molecule has 0 saturated carbocycles. The first-order valence-electron chi connectivity index (χ1n) is 5.96. The molecule has 0 aromatic heterocycles. The molecule has 0 heterocycles. The zero-order valence-corrected chi connectivity index (χ0v) is 13.1. The molecule has 0 aliphatic heterocycles. The van der Waals surface area contributed by atoms with Gasteiger partial charge in [0.2, 0.25) is 0 Å². The highest BCUT2D eigenvalue weighted by molar-refractivity contribution is 9.10. The van der Waals surface area contributed by atoms with E-state index in [4.69, 9.17) is 16.3 Å². The van der Waals surface area contributed by atoms with Crippen molar-refractivity contribution in [1.82, 2.24) is 0 Å². The summed E-state index contributed by atoms with van der Waals surface area (Å²) in [5, 5.41) is 10.7. The molecule has 1 N–H and O–H groups in total. The summed E-state index contributed by atoms with van der Waals surface area (Å²) in [5.41, 5.74) is 1.38. The van der Waals surface area contributed by atoms with E-state index in [1.54, 1.807) is 30.3 Å². The first-order chi connectivity index (χ1) is 9.51. The third-order valence-corrected chi connectivity index (χ3v) is 4.21. The van der Waals surface area contributed by atoms with Gasteiger partial charge < -0.3 is 9.84 Å². The number of aliphatic hydroxyl groups is 1. The van der Waals surface area contributed by atoms with E-state index in [-0.39, 0.29) is 5.75 Å². The lowest BCUT2D eigenvalue weighted by Gasteiger charge is -2.13. The third kappa shape index (κ3) is 3.51. The van der Waals surface area contributed by atoms with Crippen molar-refractivity contribution in [1.29, 1.82) is 0 Å². The largest absolute Gasteiger partial charge is 0.494 e. The molecule has 0 bridgehead atoms. The van der Waals surface area contributed by atoms with Crippen molar-refractivity contribution in [2.45, 2.75) is 12.5 Å². The Morgan fingerprint density at radius 3 is 2.65 bits per heavy atom. The maximum atomic E-state index is 13.6. The molecule has 2 aromatic carbocycles. The van der Waals surface area contributed by atoms with E-state index in [1.807, 2.05) is 0 Å². The molecular formula is C15H13BrClFO2. The predicted octanol–water partition coefficient (Wildman–Crippen LogP) is 4.53. The molecule has 0 aliphatic carbocycles. The smallest absolute Gasteiger partial charge is 0.165 e. The first-order valence-corrected chi connectivity index (χ1v) is 7.14. The molecular weight excluding hydrogens is 347 g/mol. The number of methoxy groups -OCH3 is 1. The predicted molar refractivity (Wildman–Crippen MR) is 80.8 cm³/mol. The van der Waals surface area contributed by atoms with Crippen LogP contribution in [-0.2, 0) is 6.42 Å². The van der Waals surface area contributed by atoms with Crippen molar-refractivity contribution in [3.8, 4) is 5.75 Å². The zero-order valence-electron chi connectivity index (χ0n) is 10.7. The molecule has 0 aliphatic rings. The van der Waals surface area contributed by atoms with E-state index >= 15 is 0 Å². The van der Waals surface area contributed by atoms with Gasteiger partial charge in [-0.3, -0.25) is 0 Å². The maximum absolute atomic E-state index is 13.6. The standard InChI is InChI=1S/C15H13BrClFO2/c1-20-15-5-2-9(6-13(15)18)7-14(19)10-3-4-11(16)12(17)8-10/h2-6,8,14,19H,7H2,1H3. The van der Waals surface area contributed by atoms with E-state index in [2.05, 4.69) is 15.9 Å². The highest BCUT2D eigenvalue weighted by atomic mass is 79.9. The van der Waals surface area contributed by atoms with Crippen LogP contribution in [0.3, 0.4) is 0 Å². The Morgan fingerprint density at radius 1 is 1.30 bits per heavy atom. The molecule has 5 heteroatoms. The summed E-state index contributed by atoms with van der Waals surface area (Å²) in [6.45, 7) is 0. The molecule has 0 fully saturated rings. The third-order valence-electron chi connectivity index (χ3n) is 2.97. The van der Waals surface area contributed by atoms with Gasteiger partial charge in [0.1, 0.15) is 0 Å². The van der Waals surface area contributed by atoms with E-state index < -0.39 is 11.9 Å². The lowest BCUT2D eigenvalue weighted by atomic mass is 10.0. The summed E-state index contributed by atoms with van der Waals surface area (Å²) in [6, 6.07) is 9.88. The number of hydrogen-bond donors (Lipinski definition) is 1. The van der Waals surface area contributed by atoms with Crippen LogP contribution in [0.15, 0.2) is 40.9 Å². The van der Waals surface area contributed by atoms with Gasteiger partial charge in [-0.25, -0.2) is 4.39 Å². The minimum Gasteiger partial charge on any atom is -0.494 e. The SMILES string of the molecule is COc1ccc(CC(O)c2ccc(Br)c(Cl)c2)cc1F. The summed E-state index contributed by atoms with van der Waals surface area (Å²) in [7, 11) is 1.41. The maximum Gasteiger partial charge on any atom is 0.165 e. The van der Waals surface area contributed by atoms with Crippen LogP contribution in [0, 0.1) is 5.82 Å².